The molecule has 1 saturated heterocycles. The van der Waals surface area contributed by atoms with E-state index in [4.69, 9.17) is 9.47 Å². The Labute approximate surface area is 145 Å². The highest BCUT2D eigenvalue weighted by molar-refractivity contribution is 5.98. The highest BCUT2D eigenvalue weighted by atomic mass is 16.5. The van der Waals surface area contributed by atoms with Crippen LogP contribution in [0, 0.1) is 11.8 Å². The summed E-state index contributed by atoms with van der Waals surface area (Å²) in [5.74, 6) is -0.997. The summed E-state index contributed by atoms with van der Waals surface area (Å²) in [7, 11) is 0. The number of hydrogen-bond acceptors (Lipinski definition) is 5. The van der Waals surface area contributed by atoms with Crippen molar-refractivity contribution in [2.45, 2.75) is 45.4 Å². The first-order valence-electron chi connectivity index (χ1n) is 9.46. The summed E-state index contributed by atoms with van der Waals surface area (Å²) in [6, 6.07) is 0. The predicted octanol–water partition coefficient (Wildman–Crippen LogP) is 1.58. The van der Waals surface area contributed by atoms with Crippen LogP contribution in [0.1, 0.15) is 45.4 Å². The van der Waals surface area contributed by atoms with Crippen LogP contribution in [-0.4, -0.2) is 62.8 Å². The number of nitrogens with one attached hydrogen (secondary N) is 1. The lowest BCUT2D eigenvalue weighted by molar-refractivity contribution is -0.155. The molecule has 1 atom stereocenters. The van der Waals surface area contributed by atoms with E-state index in [0.29, 0.717) is 13.2 Å². The van der Waals surface area contributed by atoms with Gasteiger partial charge in [-0.3, -0.25) is 14.5 Å². The number of ether oxygens (including phenoxy) is 2. The molecule has 0 aromatic rings. The van der Waals surface area contributed by atoms with Gasteiger partial charge in [-0.15, -0.1) is 0 Å². The molecule has 0 bridgehead atoms. The summed E-state index contributed by atoms with van der Waals surface area (Å²) in [5, 5.41) is 2.96. The number of hydrogen-bond donors (Lipinski definition) is 1. The second-order valence-electron chi connectivity index (χ2n) is 6.73. The molecule has 2 aliphatic rings. The van der Waals surface area contributed by atoms with Crippen molar-refractivity contribution in [1.29, 1.82) is 0 Å². The van der Waals surface area contributed by atoms with Crippen LogP contribution in [-0.2, 0) is 19.1 Å². The van der Waals surface area contributed by atoms with Gasteiger partial charge in [0.15, 0.2) is 0 Å². The van der Waals surface area contributed by atoms with E-state index >= 15 is 0 Å². The molecule has 1 aliphatic heterocycles. The monoisotopic (exact) mass is 340 g/mol. The van der Waals surface area contributed by atoms with Crippen molar-refractivity contribution in [3.05, 3.63) is 0 Å². The maximum Gasteiger partial charge on any atom is 0.318 e. The van der Waals surface area contributed by atoms with Crippen molar-refractivity contribution < 1.29 is 19.1 Å². The molecule has 2 fully saturated rings. The van der Waals surface area contributed by atoms with Crippen molar-refractivity contribution in [2.75, 3.05) is 46.0 Å². The Balaban J connectivity index is 1.77. The van der Waals surface area contributed by atoms with E-state index in [1.165, 1.54) is 6.42 Å². The van der Waals surface area contributed by atoms with Gasteiger partial charge in [-0.05, 0) is 38.6 Å². The summed E-state index contributed by atoms with van der Waals surface area (Å²) in [6.45, 7) is 7.18. The van der Waals surface area contributed by atoms with Gasteiger partial charge in [0.05, 0.1) is 19.8 Å². The Morgan fingerprint density at radius 1 is 1.21 bits per heavy atom. The molecule has 0 unspecified atom stereocenters. The van der Waals surface area contributed by atoms with Crippen LogP contribution in [0.2, 0.25) is 0 Å². The Morgan fingerprint density at radius 3 is 2.58 bits per heavy atom. The largest absolute Gasteiger partial charge is 0.465 e. The van der Waals surface area contributed by atoms with E-state index in [0.717, 1.165) is 65.0 Å². The molecule has 2 rings (SSSR count). The van der Waals surface area contributed by atoms with Crippen molar-refractivity contribution in [2.24, 2.45) is 11.8 Å². The maximum atomic E-state index is 12.6. The quantitative estimate of drug-likeness (QED) is 0.413. The lowest BCUT2D eigenvalue weighted by atomic mass is 9.79. The summed E-state index contributed by atoms with van der Waals surface area (Å²) >= 11 is 0. The molecule has 1 amide bonds. The third-order valence-electron chi connectivity index (χ3n) is 5.00. The number of rotatable bonds is 8. The normalized spacial score (nSPS) is 21.2. The fourth-order valence-electron chi connectivity index (χ4n) is 3.66. The minimum Gasteiger partial charge on any atom is -0.465 e. The molecule has 6 heteroatoms. The molecule has 1 aliphatic carbocycles. The third kappa shape index (κ3) is 6.06. The first-order valence-corrected chi connectivity index (χ1v) is 9.46. The fraction of sp³-hybridized carbons (Fsp3) is 0.889. The molecule has 0 aromatic carbocycles. The molecule has 138 valence electrons. The summed E-state index contributed by atoms with van der Waals surface area (Å²) in [5.41, 5.74) is 0. The Morgan fingerprint density at radius 2 is 1.92 bits per heavy atom. The van der Waals surface area contributed by atoms with E-state index in [2.05, 4.69) is 10.2 Å². The summed E-state index contributed by atoms with van der Waals surface area (Å²) < 4.78 is 10.5. The first kappa shape index (κ1) is 19.2. The van der Waals surface area contributed by atoms with E-state index in [-0.39, 0.29) is 17.8 Å². The van der Waals surface area contributed by atoms with Gasteiger partial charge in [0, 0.05) is 19.6 Å². The maximum absolute atomic E-state index is 12.6. The lowest BCUT2D eigenvalue weighted by Gasteiger charge is -2.28. The Hall–Kier alpha value is -1.14. The van der Waals surface area contributed by atoms with Crippen molar-refractivity contribution >= 4 is 11.9 Å². The van der Waals surface area contributed by atoms with Gasteiger partial charge in [-0.2, -0.15) is 0 Å². The fourth-order valence-corrected chi connectivity index (χ4v) is 3.66. The smallest absolute Gasteiger partial charge is 0.318 e. The lowest BCUT2D eigenvalue weighted by Crippen LogP contribution is -2.43. The molecule has 1 saturated carbocycles. The molecule has 24 heavy (non-hydrogen) atoms. The standard InChI is InChI=1S/C18H32N2O4/c1-2-24-18(22)16(15-7-4-3-5-8-15)17(21)19-9-6-10-20-11-13-23-14-12-20/h15-16H,2-14H2,1H3,(H,19,21)/t16-/m0/s1. The molecule has 1 N–H and O–H groups in total. The van der Waals surface area contributed by atoms with Gasteiger partial charge in [-0.25, -0.2) is 0 Å². The average Bonchev–Trinajstić information content (AvgIpc) is 2.61. The summed E-state index contributed by atoms with van der Waals surface area (Å²) in [4.78, 5) is 27.2. The van der Waals surface area contributed by atoms with Crippen LogP contribution in [0.5, 0.6) is 0 Å². The van der Waals surface area contributed by atoms with Crippen LogP contribution >= 0.6 is 0 Å². The van der Waals surface area contributed by atoms with Crippen molar-refractivity contribution in [3.63, 3.8) is 0 Å². The molecule has 1 heterocycles. The van der Waals surface area contributed by atoms with Gasteiger partial charge in [-0.1, -0.05) is 19.3 Å². The highest BCUT2D eigenvalue weighted by Gasteiger charge is 2.36. The minimum atomic E-state index is -0.631. The van der Waals surface area contributed by atoms with Gasteiger partial charge in [0.25, 0.3) is 0 Å². The van der Waals surface area contributed by atoms with Crippen molar-refractivity contribution in [3.8, 4) is 0 Å². The zero-order valence-electron chi connectivity index (χ0n) is 14.9. The molecule has 0 aromatic heterocycles. The Kier molecular flexibility index (Phi) is 8.53. The summed E-state index contributed by atoms with van der Waals surface area (Å²) in [6.07, 6.45) is 6.20. The first-order chi connectivity index (χ1) is 11.7. The number of esters is 1. The second-order valence-corrected chi connectivity index (χ2v) is 6.73. The van der Waals surface area contributed by atoms with E-state index < -0.39 is 5.92 Å². The molecular weight excluding hydrogens is 308 g/mol. The van der Waals surface area contributed by atoms with E-state index in [1.54, 1.807) is 6.92 Å². The highest BCUT2D eigenvalue weighted by Crippen LogP contribution is 2.31. The van der Waals surface area contributed by atoms with Gasteiger partial charge in [0.2, 0.25) is 5.91 Å². The average molecular weight is 340 g/mol. The molecule has 0 radical (unpaired) electrons. The number of nitrogens with zero attached hydrogens (tertiary/aromatic N) is 1. The topological polar surface area (TPSA) is 67.9 Å². The SMILES string of the molecule is CCOC(=O)[C@H](C(=O)NCCCN1CCOCC1)C1CCCCC1. The minimum absolute atomic E-state index is 0.136. The number of morpholine rings is 1. The number of carbonyl (C=O) groups is 2. The molecule has 6 nitrogen and oxygen atoms in total. The zero-order chi connectivity index (χ0) is 17.2. The Bertz CT molecular complexity index is 390. The predicted molar refractivity (Wildman–Crippen MR) is 91.6 cm³/mol. The van der Waals surface area contributed by atoms with Crippen LogP contribution < -0.4 is 5.32 Å². The van der Waals surface area contributed by atoms with E-state index in [9.17, 15) is 9.59 Å². The zero-order valence-corrected chi connectivity index (χ0v) is 14.9. The van der Waals surface area contributed by atoms with E-state index in [1.807, 2.05) is 0 Å². The van der Waals surface area contributed by atoms with Gasteiger partial charge < -0.3 is 14.8 Å². The van der Waals surface area contributed by atoms with Crippen molar-refractivity contribution in [1.82, 2.24) is 10.2 Å². The van der Waals surface area contributed by atoms with Crippen LogP contribution in [0.25, 0.3) is 0 Å². The number of carbonyl (C=O) groups excluding carboxylic acids is 2. The molecule has 0 spiro atoms. The van der Waals surface area contributed by atoms with Crippen LogP contribution in [0.3, 0.4) is 0 Å². The van der Waals surface area contributed by atoms with Gasteiger partial charge in [0.1, 0.15) is 5.92 Å². The second kappa shape index (κ2) is 10.7. The third-order valence-corrected chi connectivity index (χ3v) is 5.00. The number of amides is 1. The molecular formula is C18H32N2O4. The van der Waals surface area contributed by atoms with Crippen LogP contribution in [0.15, 0.2) is 0 Å². The van der Waals surface area contributed by atoms with Crippen LogP contribution in [0.4, 0.5) is 0 Å². The van der Waals surface area contributed by atoms with Gasteiger partial charge >= 0.3 is 5.97 Å².